The minimum atomic E-state index is -0.491. The third kappa shape index (κ3) is 4.03. The normalized spacial score (nSPS) is 10.9. The first-order valence-corrected chi connectivity index (χ1v) is 11.1. The van der Waals surface area contributed by atoms with Gasteiger partial charge in [0.1, 0.15) is 11.6 Å². The van der Waals surface area contributed by atoms with Gasteiger partial charge >= 0.3 is 0 Å². The van der Waals surface area contributed by atoms with Crippen LogP contribution in [0.5, 0.6) is 0 Å². The molecule has 178 valence electrons. The first-order valence-electron chi connectivity index (χ1n) is 11.1. The Bertz CT molecular complexity index is 1690. The van der Waals surface area contributed by atoms with Crippen molar-refractivity contribution < 1.29 is 14.1 Å². The summed E-state index contributed by atoms with van der Waals surface area (Å²) in [6, 6.07) is 21.6. The number of fused-ring (bicyclic) bond motifs is 1. The molecule has 1 N–H and O–H groups in total. The van der Waals surface area contributed by atoms with E-state index in [1.165, 1.54) is 16.8 Å². The van der Waals surface area contributed by atoms with Crippen molar-refractivity contribution in [2.24, 2.45) is 0 Å². The van der Waals surface area contributed by atoms with E-state index in [2.05, 4.69) is 10.4 Å². The van der Waals surface area contributed by atoms with E-state index >= 15 is 0 Å². The molecule has 0 saturated heterocycles. The monoisotopic (exact) mass is 480 g/mol. The van der Waals surface area contributed by atoms with Crippen molar-refractivity contribution in [2.75, 3.05) is 5.32 Å². The summed E-state index contributed by atoms with van der Waals surface area (Å²) in [7, 11) is 0. The predicted octanol–water partition coefficient (Wildman–Crippen LogP) is 5.42. The highest BCUT2D eigenvalue weighted by Gasteiger charge is 2.20. The van der Waals surface area contributed by atoms with E-state index in [0.717, 1.165) is 5.56 Å². The number of non-ortho nitro benzene ring substituents is 1. The zero-order valence-electron chi connectivity index (χ0n) is 19.4. The number of aryl methyl sites for hydroxylation is 1. The number of aromatic nitrogens is 2. The standard InChI is InChI=1S/C27H20N4O5/c1-16-15-23(30(29-16)19-11-13-20(14-12-19)31(34)35)28-27(33)22-10-6-9-21-24(32)17(2)25(36-26(21)22)18-7-4-3-5-8-18/h3-15H,1-2H3,(H,28,33). The summed E-state index contributed by atoms with van der Waals surface area (Å²) in [5.74, 6) is 0.274. The lowest BCUT2D eigenvalue weighted by Gasteiger charge is -2.12. The van der Waals surface area contributed by atoms with Crippen LogP contribution < -0.4 is 10.7 Å². The van der Waals surface area contributed by atoms with Crippen LogP contribution in [0, 0.1) is 24.0 Å². The molecule has 2 aromatic heterocycles. The van der Waals surface area contributed by atoms with E-state index in [-0.39, 0.29) is 22.3 Å². The Morgan fingerprint density at radius 2 is 1.72 bits per heavy atom. The smallest absolute Gasteiger partial charge is 0.269 e. The van der Waals surface area contributed by atoms with E-state index in [9.17, 15) is 19.7 Å². The number of amides is 1. The van der Waals surface area contributed by atoms with E-state index in [1.54, 1.807) is 50.2 Å². The minimum Gasteiger partial charge on any atom is -0.455 e. The zero-order chi connectivity index (χ0) is 25.4. The Morgan fingerprint density at radius 3 is 2.42 bits per heavy atom. The van der Waals surface area contributed by atoms with Crippen LogP contribution in [-0.2, 0) is 0 Å². The molecule has 9 heteroatoms. The predicted molar refractivity (Wildman–Crippen MR) is 136 cm³/mol. The number of benzene rings is 3. The van der Waals surface area contributed by atoms with Crippen LogP contribution in [0.2, 0.25) is 0 Å². The average Bonchev–Trinajstić information content (AvgIpc) is 3.26. The van der Waals surface area contributed by atoms with Crippen LogP contribution in [0.4, 0.5) is 11.5 Å². The number of para-hydroxylation sites is 1. The number of nitrogens with one attached hydrogen (secondary N) is 1. The second-order valence-corrected chi connectivity index (χ2v) is 8.24. The Hall–Kier alpha value is -5.05. The molecule has 0 unspecified atom stereocenters. The molecule has 2 heterocycles. The molecule has 5 aromatic rings. The molecule has 36 heavy (non-hydrogen) atoms. The van der Waals surface area contributed by atoms with Gasteiger partial charge in [0, 0.05) is 29.3 Å². The fourth-order valence-corrected chi connectivity index (χ4v) is 4.04. The van der Waals surface area contributed by atoms with Crippen molar-refractivity contribution in [2.45, 2.75) is 13.8 Å². The van der Waals surface area contributed by atoms with Gasteiger partial charge in [-0.15, -0.1) is 0 Å². The second-order valence-electron chi connectivity index (χ2n) is 8.24. The van der Waals surface area contributed by atoms with Crippen molar-refractivity contribution in [3.8, 4) is 17.0 Å². The highest BCUT2D eigenvalue weighted by molar-refractivity contribution is 6.11. The fraction of sp³-hybridized carbons (Fsp3) is 0.0741. The van der Waals surface area contributed by atoms with E-state index in [1.807, 2.05) is 30.3 Å². The van der Waals surface area contributed by atoms with Gasteiger partial charge < -0.3 is 9.73 Å². The summed E-state index contributed by atoms with van der Waals surface area (Å²) in [5, 5.41) is 18.5. The molecule has 0 fully saturated rings. The first kappa shape index (κ1) is 22.7. The number of anilines is 1. The molecule has 0 spiro atoms. The van der Waals surface area contributed by atoms with Gasteiger partial charge in [0.05, 0.1) is 27.3 Å². The third-order valence-corrected chi connectivity index (χ3v) is 5.80. The van der Waals surface area contributed by atoms with Crippen molar-refractivity contribution in [1.29, 1.82) is 0 Å². The molecule has 9 nitrogen and oxygen atoms in total. The Labute approximate surface area is 204 Å². The fourth-order valence-electron chi connectivity index (χ4n) is 4.04. The molecule has 1 amide bonds. The van der Waals surface area contributed by atoms with Crippen LogP contribution in [-0.4, -0.2) is 20.6 Å². The second kappa shape index (κ2) is 8.95. The Kier molecular flexibility index (Phi) is 5.65. The number of rotatable bonds is 5. The zero-order valence-corrected chi connectivity index (χ0v) is 19.4. The van der Waals surface area contributed by atoms with Crippen molar-refractivity contribution in [1.82, 2.24) is 9.78 Å². The molecule has 0 aliphatic rings. The maximum Gasteiger partial charge on any atom is 0.269 e. The maximum atomic E-state index is 13.4. The molecule has 0 aliphatic heterocycles. The first-order chi connectivity index (χ1) is 17.3. The van der Waals surface area contributed by atoms with Gasteiger partial charge in [0.25, 0.3) is 11.6 Å². The molecule has 0 atom stereocenters. The van der Waals surface area contributed by atoms with Gasteiger partial charge in [-0.2, -0.15) is 5.10 Å². The maximum absolute atomic E-state index is 13.4. The summed E-state index contributed by atoms with van der Waals surface area (Å²) in [4.78, 5) is 37.0. The van der Waals surface area contributed by atoms with Crippen LogP contribution in [0.25, 0.3) is 28.0 Å². The molecule has 0 bridgehead atoms. The molecule has 3 aromatic carbocycles. The average molecular weight is 480 g/mol. The lowest BCUT2D eigenvalue weighted by molar-refractivity contribution is -0.384. The molecular weight excluding hydrogens is 460 g/mol. The Balaban J connectivity index is 1.57. The van der Waals surface area contributed by atoms with Gasteiger partial charge in [-0.05, 0) is 38.1 Å². The van der Waals surface area contributed by atoms with Crippen LogP contribution in [0.1, 0.15) is 21.6 Å². The largest absolute Gasteiger partial charge is 0.455 e. The minimum absolute atomic E-state index is 0.0523. The van der Waals surface area contributed by atoms with E-state index < -0.39 is 10.8 Å². The Morgan fingerprint density at radius 1 is 1.00 bits per heavy atom. The number of nitrogens with zero attached hydrogens (tertiary/aromatic N) is 3. The van der Waals surface area contributed by atoms with Crippen LogP contribution >= 0.6 is 0 Å². The van der Waals surface area contributed by atoms with Crippen molar-refractivity contribution >= 4 is 28.4 Å². The van der Waals surface area contributed by atoms with Crippen molar-refractivity contribution in [3.63, 3.8) is 0 Å². The van der Waals surface area contributed by atoms with Crippen LogP contribution in [0.3, 0.4) is 0 Å². The quantitative estimate of drug-likeness (QED) is 0.265. The molecule has 0 aliphatic carbocycles. The highest BCUT2D eigenvalue weighted by Crippen LogP contribution is 2.28. The number of hydrogen-bond acceptors (Lipinski definition) is 6. The van der Waals surface area contributed by atoms with Gasteiger partial charge in [0.2, 0.25) is 0 Å². The number of carbonyl (C=O) groups is 1. The number of carbonyl (C=O) groups excluding carboxylic acids is 1. The summed E-state index contributed by atoms with van der Waals surface area (Å²) in [6.07, 6.45) is 0. The van der Waals surface area contributed by atoms with Gasteiger partial charge in [-0.1, -0.05) is 36.4 Å². The SMILES string of the molecule is Cc1cc(NC(=O)c2cccc3c(=O)c(C)c(-c4ccccc4)oc23)n(-c2ccc([N+](=O)[O-])cc2)n1. The number of nitro benzene ring substituents is 1. The molecule has 0 radical (unpaired) electrons. The molecular formula is C27H20N4O5. The molecule has 5 rings (SSSR count). The molecule has 0 saturated carbocycles. The van der Waals surface area contributed by atoms with Crippen LogP contribution in [0.15, 0.2) is 88.1 Å². The summed E-state index contributed by atoms with van der Waals surface area (Å²) >= 11 is 0. The summed E-state index contributed by atoms with van der Waals surface area (Å²) in [5.41, 5.74) is 2.47. The number of hydrogen-bond donors (Lipinski definition) is 1. The van der Waals surface area contributed by atoms with Gasteiger partial charge in [-0.3, -0.25) is 19.7 Å². The topological polar surface area (TPSA) is 120 Å². The third-order valence-electron chi connectivity index (χ3n) is 5.80. The van der Waals surface area contributed by atoms with Crippen molar-refractivity contribution in [3.05, 3.63) is 116 Å². The summed E-state index contributed by atoms with van der Waals surface area (Å²) < 4.78 is 7.64. The van der Waals surface area contributed by atoms with E-state index in [4.69, 9.17) is 4.42 Å². The van der Waals surface area contributed by atoms with Gasteiger partial charge in [-0.25, -0.2) is 4.68 Å². The summed E-state index contributed by atoms with van der Waals surface area (Å²) in [6.45, 7) is 3.47. The highest BCUT2D eigenvalue weighted by atomic mass is 16.6. The number of nitro groups is 1. The van der Waals surface area contributed by atoms with Gasteiger partial charge in [0.15, 0.2) is 11.0 Å². The lowest BCUT2D eigenvalue weighted by atomic mass is 10.0. The van der Waals surface area contributed by atoms with E-state index in [0.29, 0.717) is 33.9 Å². The lowest BCUT2D eigenvalue weighted by Crippen LogP contribution is -2.17.